The predicted molar refractivity (Wildman–Crippen MR) is 167 cm³/mol. The Hall–Kier alpha value is -2.40. The lowest BCUT2D eigenvalue weighted by molar-refractivity contribution is -0.0408. The van der Waals surface area contributed by atoms with Gasteiger partial charge in [-0.3, -0.25) is 0 Å². The molecule has 228 valence electrons. The van der Waals surface area contributed by atoms with Crippen molar-refractivity contribution in [2.45, 2.75) is 120 Å². The van der Waals surface area contributed by atoms with E-state index < -0.39 is 11.2 Å². The molecule has 1 saturated carbocycles. The van der Waals surface area contributed by atoms with Gasteiger partial charge in [0.2, 0.25) is 0 Å². The maximum Gasteiger partial charge on any atom is 0.407 e. The molecule has 1 aliphatic carbocycles. The van der Waals surface area contributed by atoms with Crippen molar-refractivity contribution in [3.05, 3.63) is 52.4 Å². The van der Waals surface area contributed by atoms with E-state index in [0.29, 0.717) is 12.3 Å². The first-order valence-corrected chi connectivity index (χ1v) is 17.3. The minimum atomic E-state index is -1.15. The number of ether oxygens (including phenoxy) is 2. The number of benzene rings is 1. The van der Waals surface area contributed by atoms with Gasteiger partial charge < -0.3 is 19.3 Å². The van der Waals surface area contributed by atoms with E-state index in [1.165, 1.54) is 0 Å². The van der Waals surface area contributed by atoms with Crippen LogP contribution in [0.25, 0.3) is 10.4 Å². The molecule has 0 spiro atoms. The molecule has 2 aromatic heterocycles. The monoisotopic (exact) mass is 612 g/mol. The van der Waals surface area contributed by atoms with E-state index in [1.807, 2.05) is 38.6 Å². The number of carbonyl (C=O) groups is 1. The highest BCUT2D eigenvalue weighted by Crippen LogP contribution is 2.40. The summed E-state index contributed by atoms with van der Waals surface area (Å²) in [4.78, 5) is 18.7. The van der Waals surface area contributed by atoms with Gasteiger partial charge in [-0.25, -0.2) is 14.5 Å². The second-order valence-corrected chi connectivity index (χ2v) is 15.1. The van der Waals surface area contributed by atoms with Crippen LogP contribution in [0.2, 0.25) is 0 Å². The highest BCUT2D eigenvalue weighted by Gasteiger charge is 2.28. The van der Waals surface area contributed by atoms with Crippen LogP contribution in [-0.4, -0.2) is 49.4 Å². The summed E-state index contributed by atoms with van der Waals surface area (Å²) < 4.78 is 26.7. The van der Waals surface area contributed by atoms with Gasteiger partial charge in [0.15, 0.2) is 4.90 Å². The lowest BCUT2D eigenvalue weighted by Crippen LogP contribution is -2.38. The summed E-state index contributed by atoms with van der Waals surface area (Å²) in [5.41, 5.74) is 4.21. The van der Waals surface area contributed by atoms with Crippen molar-refractivity contribution in [3.63, 3.8) is 0 Å². The van der Waals surface area contributed by atoms with Gasteiger partial charge in [0.1, 0.15) is 11.5 Å². The summed E-state index contributed by atoms with van der Waals surface area (Å²) in [5.74, 6) is 0.368. The Morgan fingerprint density at radius 1 is 1.17 bits per heavy atom. The van der Waals surface area contributed by atoms with Gasteiger partial charge in [0.25, 0.3) is 0 Å². The van der Waals surface area contributed by atoms with E-state index in [9.17, 15) is 9.35 Å². The molecule has 3 aromatic rings. The van der Waals surface area contributed by atoms with Crippen molar-refractivity contribution in [1.82, 2.24) is 20.1 Å². The molecule has 0 bridgehead atoms. The van der Waals surface area contributed by atoms with Crippen LogP contribution in [-0.2, 0) is 27.1 Å². The number of thiazole rings is 1. The number of nitrogens with one attached hydrogen (secondary N) is 1. The van der Waals surface area contributed by atoms with Gasteiger partial charge in [-0.2, -0.15) is 5.10 Å². The van der Waals surface area contributed by atoms with Crippen molar-refractivity contribution < 1.29 is 18.8 Å². The first-order chi connectivity index (χ1) is 20.2. The number of amides is 1. The lowest BCUT2D eigenvalue weighted by Gasteiger charge is -2.28. The fraction of sp³-hybridized carbons (Fsp3) is 0.594. The molecule has 1 saturated heterocycles. The predicted octanol–water partition coefficient (Wildman–Crippen LogP) is 7.28. The Kier molecular flexibility index (Phi) is 10.3. The van der Waals surface area contributed by atoms with Crippen LogP contribution >= 0.6 is 11.3 Å². The third-order valence-electron chi connectivity index (χ3n) is 8.01. The molecule has 2 aliphatic rings. The van der Waals surface area contributed by atoms with Crippen LogP contribution in [0.5, 0.6) is 0 Å². The van der Waals surface area contributed by atoms with Crippen LogP contribution in [0, 0.1) is 6.92 Å². The molecule has 1 N–H and O–H groups in total. The van der Waals surface area contributed by atoms with Crippen LogP contribution in [0.3, 0.4) is 0 Å². The zero-order valence-corrected chi connectivity index (χ0v) is 27.1. The zero-order valence-electron chi connectivity index (χ0n) is 25.4. The first kappa shape index (κ1) is 31.0. The maximum absolute atomic E-state index is 13.5. The molecule has 10 heteroatoms. The minimum Gasteiger partial charge on any atom is -0.611 e. The van der Waals surface area contributed by atoms with E-state index in [-0.39, 0.29) is 29.7 Å². The summed E-state index contributed by atoms with van der Waals surface area (Å²) >= 11 is 0.555. The molecule has 0 radical (unpaired) electrons. The van der Waals surface area contributed by atoms with E-state index in [2.05, 4.69) is 36.5 Å². The van der Waals surface area contributed by atoms with Crippen LogP contribution in [0.4, 0.5) is 4.79 Å². The molecular formula is C32H44N4O4S2. The molecule has 3 heterocycles. The average Bonchev–Trinajstić information content (AvgIpc) is 3.60. The summed E-state index contributed by atoms with van der Waals surface area (Å²) in [6.07, 6.45) is 9.22. The fourth-order valence-electron chi connectivity index (χ4n) is 5.86. The van der Waals surface area contributed by atoms with Gasteiger partial charge >= 0.3 is 6.09 Å². The zero-order chi connectivity index (χ0) is 29.8. The molecule has 2 atom stereocenters. The Bertz CT molecular complexity index is 1340. The summed E-state index contributed by atoms with van der Waals surface area (Å²) in [6, 6.07) is 8.62. The maximum atomic E-state index is 13.5. The molecule has 2 fully saturated rings. The fourth-order valence-corrected chi connectivity index (χ4v) is 8.22. The van der Waals surface area contributed by atoms with Gasteiger partial charge in [-0.05, 0) is 115 Å². The molecule has 2 unspecified atom stereocenters. The molecule has 42 heavy (non-hydrogen) atoms. The highest BCUT2D eigenvalue weighted by molar-refractivity contribution is 7.92. The van der Waals surface area contributed by atoms with Crippen LogP contribution < -0.4 is 5.32 Å². The van der Waals surface area contributed by atoms with Crippen molar-refractivity contribution in [3.8, 4) is 10.4 Å². The molecule has 1 aliphatic heterocycles. The van der Waals surface area contributed by atoms with Gasteiger partial charge in [0.05, 0.1) is 21.7 Å². The van der Waals surface area contributed by atoms with Crippen molar-refractivity contribution in [2.24, 2.45) is 0 Å². The number of hydrogen-bond acceptors (Lipinski definition) is 7. The quantitative estimate of drug-likeness (QED) is 0.255. The summed E-state index contributed by atoms with van der Waals surface area (Å²) in [5, 5.41) is 9.01. The van der Waals surface area contributed by atoms with Crippen LogP contribution in [0.15, 0.2) is 35.4 Å². The van der Waals surface area contributed by atoms with Gasteiger partial charge in [-0.1, -0.05) is 6.07 Å². The highest BCUT2D eigenvalue weighted by atomic mass is 32.2. The Morgan fingerprint density at radius 3 is 2.64 bits per heavy atom. The van der Waals surface area contributed by atoms with Crippen molar-refractivity contribution >= 4 is 28.6 Å². The standard InChI is InChI=1S/C32H44N4O4S2/c1-20(2)40-32(37)34-25-12-10-24(11-13-25)31-33-19-28(41-31)27-14-9-23(18-29(27)42(38)21(3)4)17-26-16-22(5)36(35-26)30-8-6-7-15-39-30/h9,14,16,18-21,24-25,30H,6-8,10-13,15,17H2,1-5H3,(H,34,37). The molecule has 1 aromatic carbocycles. The second-order valence-electron chi connectivity index (χ2n) is 12.1. The topological polar surface area (TPSA) is 101 Å². The van der Waals surface area contributed by atoms with Crippen molar-refractivity contribution in [1.29, 1.82) is 0 Å². The number of carbonyl (C=O) groups excluding carboxylic acids is 1. The Balaban J connectivity index is 1.29. The molecule has 8 nitrogen and oxygen atoms in total. The van der Waals surface area contributed by atoms with E-state index >= 15 is 0 Å². The molecule has 1 amide bonds. The number of aromatic nitrogens is 3. The van der Waals surface area contributed by atoms with Crippen LogP contribution in [0.1, 0.15) is 107 Å². The van der Waals surface area contributed by atoms with Crippen molar-refractivity contribution in [2.75, 3.05) is 6.61 Å². The number of nitrogens with zero attached hydrogens (tertiary/aromatic N) is 3. The lowest BCUT2D eigenvalue weighted by atomic mass is 9.86. The first-order valence-electron chi connectivity index (χ1n) is 15.3. The van der Waals surface area contributed by atoms with E-state index in [4.69, 9.17) is 19.6 Å². The normalized spacial score (nSPS) is 22.0. The number of hydrogen-bond donors (Lipinski definition) is 1. The average molecular weight is 613 g/mol. The van der Waals surface area contributed by atoms with Gasteiger partial charge in [-0.15, -0.1) is 11.3 Å². The summed E-state index contributed by atoms with van der Waals surface area (Å²) in [7, 11) is 0. The smallest absolute Gasteiger partial charge is 0.407 e. The van der Waals surface area contributed by atoms with E-state index in [1.54, 1.807) is 11.3 Å². The largest absolute Gasteiger partial charge is 0.611 e. The van der Waals surface area contributed by atoms with Gasteiger partial charge in [0, 0.05) is 42.4 Å². The Labute approximate surface area is 256 Å². The number of rotatable bonds is 9. The molecular weight excluding hydrogens is 569 g/mol. The third-order valence-corrected chi connectivity index (χ3v) is 10.8. The number of alkyl carbamates (subject to hydrolysis) is 1. The SMILES string of the molecule is Cc1cc(Cc2ccc(-c3cnc(C4CCC(NC(=O)OC(C)C)CC4)s3)c([S+]([O-])C(C)C)c2)nn1C1CCCCO1. The Morgan fingerprint density at radius 2 is 1.95 bits per heavy atom. The summed E-state index contributed by atoms with van der Waals surface area (Å²) in [6.45, 7) is 10.6. The third kappa shape index (κ3) is 7.56. The second kappa shape index (κ2) is 13.9. The minimum absolute atomic E-state index is 0.00135. The van der Waals surface area contributed by atoms with E-state index in [0.717, 1.165) is 88.8 Å². The number of aryl methyl sites for hydroxylation is 1. The molecule has 5 rings (SSSR count).